The summed E-state index contributed by atoms with van der Waals surface area (Å²) < 4.78 is 7.83. The number of benzene rings is 3. The minimum absolute atomic E-state index is 0.914. The van der Waals surface area contributed by atoms with Gasteiger partial charge in [0.05, 0.1) is 0 Å². The van der Waals surface area contributed by atoms with E-state index in [1.54, 1.807) is 0 Å². The van der Waals surface area contributed by atoms with Gasteiger partial charge in [0.2, 0.25) is 0 Å². The van der Waals surface area contributed by atoms with E-state index in [0.29, 0.717) is 0 Å². The maximum absolute atomic E-state index is 6.42. The molecular formula is C27H25GeNO. The predicted molar refractivity (Wildman–Crippen MR) is 130 cm³/mol. The second-order valence-electron chi connectivity index (χ2n) is 9.05. The molecule has 30 heavy (non-hydrogen) atoms. The van der Waals surface area contributed by atoms with Gasteiger partial charge in [-0.3, -0.25) is 0 Å². The summed E-state index contributed by atoms with van der Waals surface area (Å²) in [5.74, 6) is 7.22. The zero-order valence-corrected chi connectivity index (χ0v) is 20.0. The molecule has 3 heteroatoms. The van der Waals surface area contributed by atoms with Gasteiger partial charge < -0.3 is 0 Å². The first-order valence-corrected chi connectivity index (χ1v) is 17.7. The average molecular weight is 452 g/mol. The van der Waals surface area contributed by atoms with Crippen LogP contribution in [0.3, 0.4) is 0 Å². The second kappa shape index (κ2) is 7.14. The number of fused-ring (bicyclic) bond motifs is 3. The Morgan fingerprint density at radius 1 is 0.733 bits per heavy atom. The van der Waals surface area contributed by atoms with E-state index in [9.17, 15) is 0 Å². The van der Waals surface area contributed by atoms with Crippen LogP contribution in [-0.2, 0) is 0 Å². The number of para-hydroxylation sites is 1. The van der Waals surface area contributed by atoms with Gasteiger partial charge in [-0.25, -0.2) is 0 Å². The van der Waals surface area contributed by atoms with Gasteiger partial charge in [-0.15, -0.1) is 0 Å². The van der Waals surface area contributed by atoms with Gasteiger partial charge in [0.1, 0.15) is 0 Å². The maximum atomic E-state index is 6.42. The number of furan rings is 1. The zero-order valence-electron chi connectivity index (χ0n) is 17.9. The van der Waals surface area contributed by atoms with Gasteiger partial charge in [0.25, 0.3) is 0 Å². The quantitative estimate of drug-likeness (QED) is 0.272. The van der Waals surface area contributed by atoms with Crippen molar-refractivity contribution in [2.24, 2.45) is 0 Å². The molecule has 0 fully saturated rings. The first kappa shape index (κ1) is 19.1. The molecule has 0 saturated carbocycles. The molecule has 0 atom stereocenters. The van der Waals surface area contributed by atoms with Crippen molar-refractivity contribution in [3.8, 4) is 22.4 Å². The molecule has 0 spiro atoms. The first-order chi connectivity index (χ1) is 14.4. The van der Waals surface area contributed by atoms with E-state index in [-0.39, 0.29) is 0 Å². The zero-order chi connectivity index (χ0) is 20.9. The Hall–Kier alpha value is -2.85. The third-order valence-electron chi connectivity index (χ3n) is 5.67. The Morgan fingerprint density at radius 3 is 2.27 bits per heavy atom. The molecule has 3 aromatic carbocycles. The Labute approximate surface area is 179 Å². The summed E-state index contributed by atoms with van der Waals surface area (Å²) in [4.78, 5) is 4.82. The van der Waals surface area contributed by atoms with Crippen LogP contribution >= 0.6 is 0 Å². The summed E-state index contributed by atoms with van der Waals surface area (Å²) in [5, 5.41) is 2.27. The van der Waals surface area contributed by atoms with Crippen LogP contribution in [0.1, 0.15) is 5.56 Å². The van der Waals surface area contributed by atoms with Gasteiger partial charge in [-0.2, -0.15) is 0 Å². The number of nitrogens with zero attached hydrogens (tertiary/aromatic N) is 1. The summed E-state index contributed by atoms with van der Waals surface area (Å²) in [6.45, 7) is 2.14. The van der Waals surface area contributed by atoms with E-state index in [1.165, 1.54) is 26.5 Å². The van der Waals surface area contributed by atoms with Crippen LogP contribution in [0.15, 0.2) is 83.4 Å². The van der Waals surface area contributed by atoms with Gasteiger partial charge >= 0.3 is 174 Å². The standard InChI is InChI=1S/C27H25GeNO/c1-18-13-20(19-9-6-5-7-10-19)15-21(14-18)25-16-26-23(17-29-25)22-11-8-12-24(27(22)30-26)28(2,3)4/h5-17H,1-4H3. The molecule has 0 bridgehead atoms. The second-order valence-corrected chi connectivity index (χ2v) is 19.6. The average Bonchev–Trinajstić information content (AvgIpc) is 3.11. The molecule has 5 aromatic rings. The van der Waals surface area contributed by atoms with E-state index >= 15 is 0 Å². The van der Waals surface area contributed by atoms with E-state index in [1.807, 2.05) is 12.3 Å². The fourth-order valence-corrected chi connectivity index (χ4v) is 7.24. The molecule has 2 aromatic heterocycles. The Balaban J connectivity index is 1.68. The topological polar surface area (TPSA) is 26.0 Å². The molecular weight excluding hydrogens is 427 g/mol. The van der Waals surface area contributed by atoms with Gasteiger partial charge in [0, 0.05) is 0 Å². The number of rotatable bonds is 3. The number of hydrogen-bond donors (Lipinski definition) is 0. The summed E-state index contributed by atoms with van der Waals surface area (Å²) >= 11 is -2.04. The molecule has 0 aliphatic carbocycles. The molecule has 2 heterocycles. The molecule has 148 valence electrons. The molecule has 2 nitrogen and oxygen atoms in total. The molecule has 0 N–H and O–H groups in total. The molecule has 0 unspecified atom stereocenters. The van der Waals surface area contributed by atoms with Gasteiger partial charge in [-0.1, -0.05) is 6.07 Å². The van der Waals surface area contributed by atoms with Crippen molar-refractivity contribution in [2.45, 2.75) is 24.2 Å². The van der Waals surface area contributed by atoms with Gasteiger partial charge in [-0.05, 0) is 0 Å². The predicted octanol–water partition coefficient (Wildman–Crippen LogP) is 7.17. The fraction of sp³-hybridized carbons (Fsp3) is 0.148. The summed E-state index contributed by atoms with van der Waals surface area (Å²) in [5.41, 5.74) is 7.67. The van der Waals surface area contributed by atoms with Crippen LogP contribution in [-0.4, -0.2) is 18.3 Å². The van der Waals surface area contributed by atoms with E-state index < -0.39 is 13.3 Å². The van der Waals surface area contributed by atoms with E-state index in [0.717, 1.165) is 27.8 Å². The number of aryl methyl sites for hydroxylation is 1. The third-order valence-corrected chi connectivity index (χ3v) is 9.89. The van der Waals surface area contributed by atoms with Crippen LogP contribution in [0.5, 0.6) is 0 Å². The van der Waals surface area contributed by atoms with Crippen LogP contribution in [0.4, 0.5) is 0 Å². The van der Waals surface area contributed by atoms with Crippen molar-refractivity contribution >= 4 is 39.6 Å². The molecule has 0 radical (unpaired) electrons. The Morgan fingerprint density at radius 2 is 1.50 bits per heavy atom. The van der Waals surface area contributed by atoms with Crippen LogP contribution in [0, 0.1) is 6.92 Å². The van der Waals surface area contributed by atoms with Crippen LogP contribution in [0.25, 0.3) is 44.3 Å². The number of aromatic nitrogens is 1. The van der Waals surface area contributed by atoms with Crippen molar-refractivity contribution in [1.82, 2.24) is 4.98 Å². The molecule has 0 amide bonds. The Kier molecular flexibility index (Phi) is 4.55. The van der Waals surface area contributed by atoms with E-state index in [4.69, 9.17) is 9.40 Å². The summed E-state index contributed by atoms with van der Waals surface area (Å²) in [6.07, 6.45) is 1.97. The van der Waals surface area contributed by atoms with Crippen molar-refractivity contribution in [2.75, 3.05) is 0 Å². The van der Waals surface area contributed by atoms with Crippen molar-refractivity contribution in [1.29, 1.82) is 0 Å². The van der Waals surface area contributed by atoms with E-state index in [2.05, 4.69) is 90.9 Å². The molecule has 0 saturated heterocycles. The third kappa shape index (κ3) is 3.35. The number of pyridine rings is 1. The SMILES string of the molecule is Cc1cc(-c2ccccc2)cc(-c2cc3oc4[c]([Ge]([CH3])([CH3])[CH3])cccc4c3cn2)c1. The van der Waals surface area contributed by atoms with Crippen molar-refractivity contribution in [3.63, 3.8) is 0 Å². The monoisotopic (exact) mass is 453 g/mol. The minimum atomic E-state index is -2.04. The summed E-state index contributed by atoms with van der Waals surface area (Å²) in [7, 11) is 0. The molecule has 0 aliphatic heterocycles. The van der Waals surface area contributed by atoms with Crippen LogP contribution < -0.4 is 4.40 Å². The number of hydrogen-bond acceptors (Lipinski definition) is 2. The summed E-state index contributed by atoms with van der Waals surface area (Å²) in [6, 6.07) is 25.8. The van der Waals surface area contributed by atoms with Crippen LogP contribution in [0.2, 0.25) is 17.3 Å². The Bertz CT molecular complexity index is 1380. The van der Waals surface area contributed by atoms with Gasteiger partial charge in [0.15, 0.2) is 0 Å². The van der Waals surface area contributed by atoms with Crippen molar-refractivity contribution in [3.05, 3.63) is 84.6 Å². The molecule has 5 rings (SSSR count). The first-order valence-electron chi connectivity index (χ1n) is 10.4. The molecule has 0 aliphatic rings. The normalized spacial score (nSPS) is 12.0. The fourth-order valence-electron chi connectivity index (χ4n) is 4.17. The van der Waals surface area contributed by atoms with Crippen molar-refractivity contribution < 1.29 is 4.42 Å².